The Kier molecular flexibility index (Phi) is 5.19. The number of hydrogen-bond donors (Lipinski definition) is 2. The maximum atomic E-state index is 13.4. The third kappa shape index (κ3) is 4.04. The van der Waals surface area contributed by atoms with Crippen molar-refractivity contribution < 1.29 is 22.1 Å². The van der Waals surface area contributed by atoms with E-state index in [-0.39, 0.29) is 22.4 Å². The molecule has 0 unspecified atom stereocenters. The van der Waals surface area contributed by atoms with Gasteiger partial charge in [-0.3, -0.25) is 14.8 Å². The Hall–Kier alpha value is -3.20. The second kappa shape index (κ2) is 7.43. The highest BCUT2D eigenvalue weighted by atomic mass is 32.2. The molecule has 28 heavy (non-hydrogen) atoms. The molecule has 2 N–H and O–H groups in total. The summed E-state index contributed by atoms with van der Waals surface area (Å²) < 4.78 is 46.6. The van der Waals surface area contributed by atoms with Crippen LogP contribution in [0.15, 0.2) is 51.9 Å². The van der Waals surface area contributed by atoms with Crippen LogP contribution in [0.1, 0.15) is 18.2 Å². The molecule has 3 rings (SSSR count). The molecule has 0 fully saturated rings. The number of nitrogens with one attached hydrogen (secondary N) is 2. The number of carbonyl (C=O) groups excluding carboxylic acids is 1. The first-order chi connectivity index (χ1) is 13.2. The van der Waals surface area contributed by atoms with E-state index >= 15 is 0 Å². The third-order valence-electron chi connectivity index (χ3n) is 4.00. The van der Waals surface area contributed by atoms with Crippen LogP contribution in [0.5, 0.6) is 0 Å². The smallest absolute Gasteiger partial charge is 0.262 e. The third-order valence-corrected chi connectivity index (χ3v) is 5.52. The number of anilines is 2. The van der Waals surface area contributed by atoms with Gasteiger partial charge in [-0.05, 0) is 49.2 Å². The molecule has 9 heteroatoms. The summed E-state index contributed by atoms with van der Waals surface area (Å²) in [4.78, 5) is 11.4. The Bertz CT molecular complexity index is 1160. The molecule has 0 aliphatic heterocycles. The fraction of sp³-hybridized carbons (Fsp3) is 0.158. The average Bonchev–Trinajstić information content (AvgIpc) is 2.94. The zero-order valence-corrected chi connectivity index (χ0v) is 16.2. The fourth-order valence-corrected chi connectivity index (χ4v) is 4.08. The summed E-state index contributed by atoms with van der Waals surface area (Å²) in [6, 6.07) is 10.00. The second-order valence-corrected chi connectivity index (χ2v) is 7.90. The lowest BCUT2D eigenvalue weighted by Gasteiger charge is -2.12. The summed E-state index contributed by atoms with van der Waals surface area (Å²) in [7, 11) is -3.98. The van der Waals surface area contributed by atoms with Gasteiger partial charge in [-0.25, -0.2) is 12.8 Å². The van der Waals surface area contributed by atoms with Gasteiger partial charge in [-0.2, -0.15) is 0 Å². The van der Waals surface area contributed by atoms with E-state index in [1.807, 2.05) is 0 Å². The topological polar surface area (TPSA) is 101 Å². The lowest BCUT2D eigenvalue weighted by Crippen LogP contribution is -2.14. The first-order valence-corrected chi connectivity index (χ1v) is 9.79. The van der Waals surface area contributed by atoms with Gasteiger partial charge in [-0.1, -0.05) is 23.4 Å². The van der Waals surface area contributed by atoms with E-state index in [1.54, 1.807) is 26.0 Å². The summed E-state index contributed by atoms with van der Waals surface area (Å²) in [5.74, 6) is -0.758. The van der Waals surface area contributed by atoms with E-state index in [9.17, 15) is 17.6 Å². The first kappa shape index (κ1) is 19.6. The zero-order chi connectivity index (χ0) is 20.5. The van der Waals surface area contributed by atoms with E-state index in [4.69, 9.17) is 4.52 Å². The van der Waals surface area contributed by atoms with Crippen LogP contribution in [0.4, 0.5) is 16.0 Å². The Morgan fingerprint density at radius 1 is 1.14 bits per heavy atom. The van der Waals surface area contributed by atoms with Gasteiger partial charge >= 0.3 is 0 Å². The van der Waals surface area contributed by atoms with E-state index < -0.39 is 15.8 Å². The number of benzene rings is 2. The summed E-state index contributed by atoms with van der Waals surface area (Å²) in [5, 5.41) is 6.38. The average molecular weight is 403 g/mol. The Balaban J connectivity index is 2.05. The lowest BCUT2D eigenvalue weighted by molar-refractivity contribution is -0.114. The predicted octanol–water partition coefficient (Wildman–Crippen LogP) is 3.86. The van der Waals surface area contributed by atoms with Crippen molar-refractivity contribution in [3.63, 3.8) is 0 Å². The van der Waals surface area contributed by atoms with E-state index in [2.05, 4.69) is 15.2 Å². The van der Waals surface area contributed by atoms with Gasteiger partial charge in [0, 0.05) is 6.92 Å². The Morgan fingerprint density at radius 3 is 2.57 bits per heavy atom. The Morgan fingerprint density at radius 2 is 1.89 bits per heavy atom. The van der Waals surface area contributed by atoms with Crippen LogP contribution in [0, 0.1) is 19.7 Å². The van der Waals surface area contributed by atoms with Gasteiger partial charge in [0.2, 0.25) is 11.8 Å². The van der Waals surface area contributed by atoms with Crippen LogP contribution in [0.25, 0.3) is 11.1 Å². The van der Waals surface area contributed by atoms with Crippen molar-refractivity contribution >= 4 is 27.5 Å². The lowest BCUT2D eigenvalue weighted by atomic mass is 10.0. The van der Waals surface area contributed by atoms with E-state index in [1.165, 1.54) is 31.2 Å². The molecule has 0 spiro atoms. The molecule has 1 amide bonds. The van der Waals surface area contributed by atoms with Gasteiger partial charge in [0.05, 0.1) is 21.8 Å². The molecular weight excluding hydrogens is 385 g/mol. The molecule has 0 aliphatic rings. The van der Waals surface area contributed by atoms with Crippen molar-refractivity contribution in [3.05, 3.63) is 59.5 Å². The number of sulfonamides is 1. The van der Waals surface area contributed by atoms with Crippen molar-refractivity contribution in [2.75, 3.05) is 10.0 Å². The molecule has 1 aromatic heterocycles. The molecule has 3 aromatic rings. The van der Waals surface area contributed by atoms with Crippen LogP contribution in [-0.2, 0) is 14.8 Å². The van der Waals surface area contributed by atoms with Crippen LogP contribution >= 0.6 is 0 Å². The highest BCUT2D eigenvalue weighted by Gasteiger charge is 2.22. The number of amides is 1. The number of aryl methyl sites for hydroxylation is 2. The molecule has 0 bridgehead atoms. The maximum absolute atomic E-state index is 13.4. The molecule has 0 atom stereocenters. The van der Waals surface area contributed by atoms with Crippen molar-refractivity contribution in [1.29, 1.82) is 0 Å². The summed E-state index contributed by atoms with van der Waals surface area (Å²) in [6.45, 7) is 4.66. The molecular formula is C19H18FN3O4S. The molecule has 2 aromatic carbocycles. The van der Waals surface area contributed by atoms with Crippen LogP contribution in [-0.4, -0.2) is 19.5 Å². The standard InChI is InChI=1S/C19H18FN3O4S/c1-11-7-8-14(18-12(2)22-27-19(18)21-13(3)24)9-17(11)28(25,26)23-16-6-4-5-15(20)10-16/h4-10,23H,1-3H3,(H,21,24). The van der Waals surface area contributed by atoms with Crippen LogP contribution < -0.4 is 10.0 Å². The quantitative estimate of drug-likeness (QED) is 0.674. The molecule has 146 valence electrons. The van der Waals surface area contributed by atoms with Gasteiger partial charge in [-0.15, -0.1) is 0 Å². The van der Waals surface area contributed by atoms with Crippen LogP contribution in [0.2, 0.25) is 0 Å². The molecule has 0 saturated heterocycles. The molecule has 0 radical (unpaired) electrons. The van der Waals surface area contributed by atoms with Gasteiger partial charge in [0.1, 0.15) is 5.82 Å². The predicted molar refractivity (Wildman–Crippen MR) is 103 cm³/mol. The Labute approximate surface area is 161 Å². The second-order valence-electron chi connectivity index (χ2n) is 6.25. The molecule has 7 nitrogen and oxygen atoms in total. The van der Waals surface area contributed by atoms with Crippen molar-refractivity contribution in [1.82, 2.24) is 5.16 Å². The highest BCUT2D eigenvalue weighted by Crippen LogP contribution is 2.34. The number of carbonyl (C=O) groups is 1. The van der Waals surface area contributed by atoms with Gasteiger partial charge in [0.15, 0.2) is 0 Å². The summed E-state index contributed by atoms with van der Waals surface area (Å²) in [5.41, 5.74) is 2.10. The van der Waals surface area contributed by atoms with E-state index in [0.717, 1.165) is 6.07 Å². The van der Waals surface area contributed by atoms with Crippen molar-refractivity contribution in [2.24, 2.45) is 0 Å². The highest BCUT2D eigenvalue weighted by molar-refractivity contribution is 7.92. The zero-order valence-electron chi connectivity index (χ0n) is 15.4. The van der Waals surface area contributed by atoms with Gasteiger partial charge < -0.3 is 4.52 Å². The number of halogens is 1. The first-order valence-electron chi connectivity index (χ1n) is 8.30. The number of rotatable bonds is 5. The molecule has 1 heterocycles. The minimum atomic E-state index is -3.98. The van der Waals surface area contributed by atoms with E-state index in [0.29, 0.717) is 22.4 Å². The maximum Gasteiger partial charge on any atom is 0.262 e. The van der Waals surface area contributed by atoms with Crippen LogP contribution in [0.3, 0.4) is 0 Å². The van der Waals surface area contributed by atoms with Crippen molar-refractivity contribution in [3.8, 4) is 11.1 Å². The SMILES string of the molecule is CC(=O)Nc1onc(C)c1-c1ccc(C)c(S(=O)(=O)Nc2cccc(F)c2)c1. The fourth-order valence-electron chi connectivity index (χ4n) is 2.76. The molecule has 0 saturated carbocycles. The minimum absolute atomic E-state index is 0.0173. The molecule has 0 aliphatic carbocycles. The largest absolute Gasteiger partial charge is 0.337 e. The van der Waals surface area contributed by atoms with Gasteiger partial charge in [0.25, 0.3) is 10.0 Å². The number of hydrogen-bond acceptors (Lipinski definition) is 5. The van der Waals surface area contributed by atoms with Crippen molar-refractivity contribution in [2.45, 2.75) is 25.7 Å². The summed E-state index contributed by atoms with van der Waals surface area (Å²) in [6.07, 6.45) is 0. The summed E-state index contributed by atoms with van der Waals surface area (Å²) >= 11 is 0. The number of nitrogens with zero attached hydrogens (tertiary/aromatic N) is 1. The normalized spacial score (nSPS) is 11.3. The number of aromatic nitrogens is 1. The monoisotopic (exact) mass is 403 g/mol. The minimum Gasteiger partial charge on any atom is -0.337 e.